The summed E-state index contributed by atoms with van der Waals surface area (Å²) < 4.78 is 0. The molecule has 1 aliphatic heterocycles. The molecule has 0 spiro atoms. The van der Waals surface area contributed by atoms with Gasteiger partial charge in [0.2, 0.25) is 0 Å². The van der Waals surface area contributed by atoms with E-state index in [1.165, 1.54) is 31.4 Å². The Labute approximate surface area is 137 Å². The third-order valence-electron chi connectivity index (χ3n) is 4.46. The average molecular weight is 325 g/mol. The van der Waals surface area contributed by atoms with Gasteiger partial charge in [0, 0.05) is 30.2 Å². The molecule has 0 bridgehead atoms. The molecule has 1 aromatic rings. The van der Waals surface area contributed by atoms with Crippen LogP contribution in [0.2, 0.25) is 5.02 Å². The summed E-state index contributed by atoms with van der Waals surface area (Å²) in [7, 11) is 0. The summed E-state index contributed by atoms with van der Waals surface area (Å²) in [6.07, 6.45) is 4.73. The van der Waals surface area contributed by atoms with Crippen LogP contribution in [0.3, 0.4) is 0 Å². The molecule has 1 aromatic carbocycles. The Hall–Kier alpha value is -1.26. The number of piperidine rings is 1. The van der Waals surface area contributed by atoms with E-state index in [1.54, 1.807) is 6.07 Å². The normalized spacial score (nSPS) is 22.5. The number of likely N-dealkylation sites (tertiary alicyclic amines) is 1. The van der Waals surface area contributed by atoms with Gasteiger partial charge in [0.15, 0.2) is 0 Å². The number of halogens is 1. The molecule has 4 nitrogen and oxygen atoms in total. The summed E-state index contributed by atoms with van der Waals surface area (Å²) in [6, 6.07) is 5.73. The predicted octanol–water partition coefficient (Wildman–Crippen LogP) is 3.43. The van der Waals surface area contributed by atoms with Gasteiger partial charge >= 0.3 is 0 Å². The van der Waals surface area contributed by atoms with E-state index in [9.17, 15) is 9.90 Å². The van der Waals surface area contributed by atoms with Crippen LogP contribution >= 0.6 is 11.6 Å². The first-order chi connectivity index (χ1) is 10.5. The van der Waals surface area contributed by atoms with Gasteiger partial charge in [0.25, 0.3) is 5.91 Å². The van der Waals surface area contributed by atoms with Crippen molar-refractivity contribution in [3.8, 4) is 5.75 Å². The van der Waals surface area contributed by atoms with E-state index in [-0.39, 0.29) is 17.2 Å². The summed E-state index contributed by atoms with van der Waals surface area (Å²) in [5, 5.41) is 13.0. The van der Waals surface area contributed by atoms with E-state index in [0.29, 0.717) is 23.7 Å². The lowest BCUT2D eigenvalue weighted by Gasteiger charge is -2.39. The van der Waals surface area contributed by atoms with Gasteiger partial charge in [-0.3, -0.25) is 9.69 Å². The fourth-order valence-corrected chi connectivity index (χ4v) is 3.34. The lowest BCUT2D eigenvalue weighted by Crippen LogP contribution is -2.44. The Morgan fingerprint density at radius 1 is 1.36 bits per heavy atom. The fourth-order valence-electron chi connectivity index (χ4n) is 3.16. The topological polar surface area (TPSA) is 52.6 Å². The monoisotopic (exact) mass is 324 g/mol. The van der Waals surface area contributed by atoms with E-state index >= 15 is 0 Å². The molecule has 22 heavy (non-hydrogen) atoms. The van der Waals surface area contributed by atoms with Gasteiger partial charge in [-0.05, 0) is 51.3 Å². The first-order valence-electron chi connectivity index (χ1n) is 8.01. The Morgan fingerprint density at radius 2 is 2.05 bits per heavy atom. The Morgan fingerprint density at radius 3 is 2.73 bits per heavy atom. The van der Waals surface area contributed by atoms with E-state index < -0.39 is 0 Å². The highest BCUT2D eigenvalue weighted by atomic mass is 35.5. The van der Waals surface area contributed by atoms with Crippen molar-refractivity contribution in [2.45, 2.75) is 51.6 Å². The number of nitrogens with zero attached hydrogens (tertiary/aromatic N) is 1. The fraction of sp³-hybridized carbons (Fsp3) is 0.588. The van der Waals surface area contributed by atoms with Gasteiger partial charge < -0.3 is 10.4 Å². The molecule has 1 amide bonds. The highest BCUT2D eigenvalue weighted by Crippen LogP contribution is 2.23. The van der Waals surface area contributed by atoms with E-state index in [1.807, 2.05) is 0 Å². The Kier molecular flexibility index (Phi) is 6.09. The zero-order valence-corrected chi connectivity index (χ0v) is 14.1. The molecule has 2 N–H and O–H groups in total. The van der Waals surface area contributed by atoms with Crippen molar-refractivity contribution in [2.24, 2.45) is 0 Å². The molecule has 0 aromatic heterocycles. The minimum Gasteiger partial charge on any atom is -0.507 e. The number of benzene rings is 1. The molecule has 1 fully saturated rings. The highest BCUT2D eigenvalue weighted by Gasteiger charge is 2.23. The zero-order chi connectivity index (χ0) is 16.1. The van der Waals surface area contributed by atoms with Crippen LogP contribution in [0, 0.1) is 0 Å². The minimum atomic E-state index is -0.278. The average Bonchev–Trinajstić information content (AvgIpc) is 2.48. The number of aromatic hydroxyl groups is 1. The number of phenols is 1. The lowest BCUT2D eigenvalue weighted by molar-refractivity contribution is 0.0923. The third-order valence-corrected chi connectivity index (χ3v) is 4.69. The second-order valence-electron chi connectivity index (χ2n) is 6.14. The van der Waals surface area contributed by atoms with E-state index in [4.69, 9.17) is 11.6 Å². The van der Waals surface area contributed by atoms with Crippen molar-refractivity contribution < 1.29 is 9.90 Å². The number of amides is 1. The van der Waals surface area contributed by atoms with Gasteiger partial charge in [-0.15, -0.1) is 0 Å². The Balaban J connectivity index is 1.78. The number of hydrogen-bond acceptors (Lipinski definition) is 3. The molecule has 0 unspecified atom stereocenters. The molecule has 1 saturated heterocycles. The van der Waals surface area contributed by atoms with Crippen LogP contribution in [-0.2, 0) is 0 Å². The van der Waals surface area contributed by atoms with Crippen LogP contribution in [-0.4, -0.2) is 41.1 Å². The predicted molar refractivity (Wildman–Crippen MR) is 89.5 cm³/mol. The standard InChI is InChI=1S/C17H25ClN2O2/c1-12-5-3-6-13(2)20(12)10-4-9-19-17(22)15-11-14(18)7-8-16(15)21/h7-8,11-13,21H,3-6,9-10H2,1-2H3,(H,19,22)/t12-,13+. The number of hydrogen-bond donors (Lipinski definition) is 2. The summed E-state index contributed by atoms with van der Waals surface area (Å²) in [5.74, 6) is -0.320. The first-order valence-corrected chi connectivity index (χ1v) is 8.39. The maximum absolute atomic E-state index is 12.1. The third kappa shape index (κ3) is 4.37. The largest absolute Gasteiger partial charge is 0.507 e. The molecule has 2 atom stereocenters. The van der Waals surface area contributed by atoms with Crippen molar-refractivity contribution in [2.75, 3.05) is 13.1 Å². The van der Waals surface area contributed by atoms with Crippen LogP contribution < -0.4 is 5.32 Å². The smallest absolute Gasteiger partial charge is 0.255 e. The molecular formula is C17H25ClN2O2. The van der Waals surface area contributed by atoms with Crippen LogP contribution in [0.5, 0.6) is 5.75 Å². The molecule has 0 radical (unpaired) electrons. The van der Waals surface area contributed by atoms with Crippen LogP contribution in [0.1, 0.15) is 49.9 Å². The number of nitrogens with one attached hydrogen (secondary N) is 1. The molecule has 1 heterocycles. The molecule has 0 aliphatic carbocycles. The van der Waals surface area contributed by atoms with Gasteiger partial charge in [-0.25, -0.2) is 0 Å². The van der Waals surface area contributed by atoms with Crippen molar-refractivity contribution in [1.29, 1.82) is 0 Å². The quantitative estimate of drug-likeness (QED) is 0.816. The summed E-state index contributed by atoms with van der Waals surface area (Å²) in [5.41, 5.74) is 0.229. The van der Waals surface area contributed by atoms with Gasteiger partial charge in [-0.1, -0.05) is 18.0 Å². The first kappa shape index (κ1) is 17.1. The van der Waals surface area contributed by atoms with Crippen LogP contribution in [0.15, 0.2) is 18.2 Å². The molecule has 5 heteroatoms. The maximum atomic E-state index is 12.1. The van der Waals surface area contributed by atoms with Crippen molar-refractivity contribution >= 4 is 17.5 Å². The van der Waals surface area contributed by atoms with Gasteiger partial charge in [0.1, 0.15) is 5.75 Å². The summed E-state index contributed by atoms with van der Waals surface area (Å²) >= 11 is 5.86. The van der Waals surface area contributed by atoms with Crippen LogP contribution in [0.4, 0.5) is 0 Å². The molecule has 0 saturated carbocycles. The van der Waals surface area contributed by atoms with E-state index in [0.717, 1.165) is 13.0 Å². The Bertz CT molecular complexity index is 511. The molecule has 1 aliphatic rings. The minimum absolute atomic E-state index is 0.0415. The number of carbonyl (C=O) groups excluding carboxylic acids is 1. The molecule has 122 valence electrons. The number of phenolic OH excluding ortho intramolecular Hbond substituents is 1. The second-order valence-corrected chi connectivity index (χ2v) is 6.57. The van der Waals surface area contributed by atoms with Crippen molar-refractivity contribution in [1.82, 2.24) is 10.2 Å². The number of rotatable bonds is 5. The summed E-state index contributed by atoms with van der Waals surface area (Å²) in [6.45, 7) is 6.14. The zero-order valence-electron chi connectivity index (χ0n) is 13.3. The van der Waals surface area contributed by atoms with Crippen molar-refractivity contribution in [3.63, 3.8) is 0 Å². The SMILES string of the molecule is C[C@@H]1CCC[C@H](C)N1CCCNC(=O)c1cc(Cl)ccc1O. The molecule has 2 rings (SSSR count). The van der Waals surface area contributed by atoms with Crippen LogP contribution in [0.25, 0.3) is 0 Å². The van der Waals surface area contributed by atoms with Gasteiger partial charge in [-0.2, -0.15) is 0 Å². The van der Waals surface area contributed by atoms with E-state index in [2.05, 4.69) is 24.1 Å². The van der Waals surface area contributed by atoms with Crippen molar-refractivity contribution in [3.05, 3.63) is 28.8 Å². The summed E-state index contributed by atoms with van der Waals surface area (Å²) in [4.78, 5) is 14.6. The van der Waals surface area contributed by atoms with Gasteiger partial charge in [0.05, 0.1) is 5.56 Å². The number of carbonyl (C=O) groups is 1. The highest BCUT2D eigenvalue weighted by molar-refractivity contribution is 6.31. The lowest BCUT2D eigenvalue weighted by atomic mass is 9.97. The maximum Gasteiger partial charge on any atom is 0.255 e. The second kappa shape index (κ2) is 7.84. The molecular weight excluding hydrogens is 300 g/mol.